The first-order valence-electron chi connectivity index (χ1n) is 9.76. The molecule has 0 amide bonds. The summed E-state index contributed by atoms with van der Waals surface area (Å²) >= 11 is 0. The average molecular weight is 354 g/mol. The van der Waals surface area contributed by atoms with Gasteiger partial charge in [-0.25, -0.2) is 0 Å². The molecule has 0 bridgehead atoms. The Morgan fingerprint density at radius 1 is 1.31 bits per heavy atom. The molecular formula is C21H26N2O3. The number of ether oxygens (including phenoxy) is 1. The van der Waals surface area contributed by atoms with Crippen molar-refractivity contribution in [2.24, 2.45) is 17.8 Å². The van der Waals surface area contributed by atoms with Gasteiger partial charge in [0.25, 0.3) is 0 Å². The third kappa shape index (κ3) is 2.33. The van der Waals surface area contributed by atoms with Crippen molar-refractivity contribution in [3.63, 3.8) is 0 Å². The topological polar surface area (TPSA) is 65.6 Å². The zero-order chi connectivity index (χ0) is 17.8. The number of nitrogens with one attached hydrogen (secondary N) is 1. The SMILES string of the molecule is COC(=O)[C@H]1C(O)CCC2CN3CCc4c([nH]c5ccccc45)C3CC21. The van der Waals surface area contributed by atoms with E-state index >= 15 is 0 Å². The van der Waals surface area contributed by atoms with E-state index < -0.39 is 6.10 Å². The molecule has 2 N–H and O–H groups in total. The number of methoxy groups -OCH3 is 1. The fourth-order valence-corrected chi connectivity index (χ4v) is 5.80. The summed E-state index contributed by atoms with van der Waals surface area (Å²) in [4.78, 5) is 18.6. The Kier molecular flexibility index (Phi) is 3.83. The van der Waals surface area contributed by atoms with Crippen LogP contribution in [-0.2, 0) is 16.0 Å². The third-order valence-corrected chi connectivity index (χ3v) is 7.02. The number of esters is 1. The summed E-state index contributed by atoms with van der Waals surface area (Å²) in [5.41, 5.74) is 3.96. The van der Waals surface area contributed by atoms with E-state index in [2.05, 4.69) is 34.1 Å². The zero-order valence-corrected chi connectivity index (χ0v) is 15.1. The van der Waals surface area contributed by atoms with E-state index in [1.165, 1.54) is 29.3 Å². The maximum atomic E-state index is 12.4. The average Bonchev–Trinajstić information content (AvgIpc) is 3.05. The van der Waals surface area contributed by atoms with E-state index in [1.807, 2.05) is 0 Å². The van der Waals surface area contributed by atoms with Crippen LogP contribution in [0.25, 0.3) is 10.9 Å². The second-order valence-electron chi connectivity index (χ2n) is 8.18. The Hall–Kier alpha value is -1.85. The molecule has 3 heterocycles. The molecule has 1 aromatic heterocycles. The van der Waals surface area contributed by atoms with Crippen LogP contribution in [0.3, 0.4) is 0 Å². The number of hydrogen-bond donors (Lipinski definition) is 2. The number of carbonyl (C=O) groups is 1. The second-order valence-corrected chi connectivity index (χ2v) is 8.18. The number of aliphatic hydroxyl groups is 1. The van der Waals surface area contributed by atoms with Gasteiger partial charge < -0.3 is 14.8 Å². The van der Waals surface area contributed by atoms with Gasteiger partial charge in [-0.15, -0.1) is 0 Å². The molecule has 1 saturated carbocycles. The number of piperidine rings is 1. The predicted molar refractivity (Wildman–Crippen MR) is 98.7 cm³/mol. The normalized spacial score (nSPS) is 34.0. The molecule has 2 aromatic rings. The summed E-state index contributed by atoms with van der Waals surface area (Å²) in [6.07, 6.45) is 3.14. The second kappa shape index (κ2) is 6.10. The molecule has 2 fully saturated rings. The first-order valence-corrected chi connectivity index (χ1v) is 9.76. The molecule has 1 saturated heterocycles. The number of benzene rings is 1. The maximum Gasteiger partial charge on any atom is 0.311 e. The zero-order valence-electron chi connectivity index (χ0n) is 15.1. The van der Waals surface area contributed by atoms with Crippen molar-refractivity contribution >= 4 is 16.9 Å². The highest BCUT2D eigenvalue weighted by atomic mass is 16.5. The van der Waals surface area contributed by atoms with Crippen LogP contribution in [0.2, 0.25) is 0 Å². The van der Waals surface area contributed by atoms with E-state index in [4.69, 9.17) is 4.74 Å². The van der Waals surface area contributed by atoms with Gasteiger partial charge in [0.2, 0.25) is 0 Å². The van der Waals surface area contributed by atoms with E-state index in [-0.39, 0.29) is 17.8 Å². The standard InChI is InChI=1S/C21H26N2O3/c1-26-21(25)19-15-10-17-20-14(13-4-2-3-5-16(13)22-20)8-9-23(17)11-12(15)6-7-18(19)24/h2-5,12,15,17-19,22,24H,6-11H2,1H3/t12?,15?,17?,18?,19-/m1/s1. The van der Waals surface area contributed by atoms with Gasteiger partial charge in [0.05, 0.1) is 25.2 Å². The van der Waals surface area contributed by atoms with Crippen LogP contribution >= 0.6 is 0 Å². The van der Waals surface area contributed by atoms with Gasteiger partial charge >= 0.3 is 5.97 Å². The number of para-hydroxylation sites is 1. The number of nitrogens with zero attached hydrogens (tertiary/aromatic N) is 1. The Morgan fingerprint density at radius 2 is 2.15 bits per heavy atom. The minimum absolute atomic E-state index is 0.199. The number of H-pyrrole nitrogens is 1. The van der Waals surface area contributed by atoms with Crippen molar-refractivity contribution < 1.29 is 14.6 Å². The molecule has 4 unspecified atom stereocenters. The molecule has 26 heavy (non-hydrogen) atoms. The highest BCUT2D eigenvalue weighted by Crippen LogP contribution is 2.49. The number of fused-ring (bicyclic) bond motifs is 6. The quantitative estimate of drug-likeness (QED) is 0.773. The van der Waals surface area contributed by atoms with E-state index in [9.17, 15) is 9.90 Å². The van der Waals surface area contributed by atoms with Gasteiger partial charge in [-0.2, -0.15) is 0 Å². The summed E-state index contributed by atoms with van der Waals surface area (Å²) < 4.78 is 5.04. The smallest absolute Gasteiger partial charge is 0.311 e. The Bertz CT molecular complexity index is 845. The number of aromatic nitrogens is 1. The molecular weight excluding hydrogens is 328 g/mol. The van der Waals surface area contributed by atoms with Crippen molar-refractivity contribution in [2.45, 2.75) is 37.8 Å². The molecule has 1 aromatic carbocycles. The Balaban J connectivity index is 1.52. The monoisotopic (exact) mass is 354 g/mol. The Labute approximate surface area is 153 Å². The van der Waals surface area contributed by atoms with Gasteiger partial charge in [0, 0.05) is 29.7 Å². The highest BCUT2D eigenvalue weighted by Gasteiger charge is 2.49. The van der Waals surface area contributed by atoms with Gasteiger partial charge in [-0.05, 0) is 49.1 Å². The lowest BCUT2D eigenvalue weighted by atomic mass is 9.65. The molecule has 2 aliphatic heterocycles. The number of hydrogen-bond acceptors (Lipinski definition) is 4. The van der Waals surface area contributed by atoms with E-state index in [1.54, 1.807) is 0 Å². The summed E-state index contributed by atoms with van der Waals surface area (Å²) in [5.74, 6) is 0.0541. The van der Waals surface area contributed by atoms with E-state index in [0.29, 0.717) is 18.4 Å². The van der Waals surface area contributed by atoms with E-state index in [0.717, 1.165) is 32.4 Å². The number of aromatic amines is 1. The first kappa shape index (κ1) is 16.3. The molecule has 0 radical (unpaired) electrons. The number of rotatable bonds is 1. The van der Waals surface area contributed by atoms with Crippen molar-refractivity contribution in [2.75, 3.05) is 20.2 Å². The van der Waals surface area contributed by atoms with Crippen LogP contribution in [0.1, 0.15) is 36.6 Å². The minimum atomic E-state index is -0.568. The molecule has 0 spiro atoms. The van der Waals surface area contributed by atoms with Crippen molar-refractivity contribution in [3.05, 3.63) is 35.5 Å². The maximum absolute atomic E-state index is 12.4. The summed E-state index contributed by atoms with van der Waals surface area (Å²) in [6.45, 7) is 2.10. The van der Waals surface area contributed by atoms with Crippen molar-refractivity contribution in [1.29, 1.82) is 0 Å². The lowest BCUT2D eigenvalue weighted by Gasteiger charge is -2.50. The number of carbonyl (C=O) groups excluding carboxylic acids is 1. The molecule has 5 rings (SSSR count). The van der Waals surface area contributed by atoms with Crippen LogP contribution < -0.4 is 0 Å². The minimum Gasteiger partial charge on any atom is -0.469 e. The summed E-state index contributed by atoms with van der Waals surface area (Å²) in [6, 6.07) is 8.83. The fraction of sp³-hybridized carbons (Fsp3) is 0.571. The fourth-order valence-electron chi connectivity index (χ4n) is 5.80. The van der Waals surface area contributed by atoms with Crippen molar-refractivity contribution in [3.8, 4) is 0 Å². The van der Waals surface area contributed by atoms with Crippen LogP contribution in [0.5, 0.6) is 0 Å². The van der Waals surface area contributed by atoms with Gasteiger partial charge in [0.1, 0.15) is 0 Å². The highest BCUT2D eigenvalue weighted by molar-refractivity contribution is 5.85. The van der Waals surface area contributed by atoms with Gasteiger partial charge in [-0.3, -0.25) is 9.69 Å². The Morgan fingerprint density at radius 3 is 3.00 bits per heavy atom. The predicted octanol–water partition coefficient (Wildman–Crippen LogP) is 2.65. The molecule has 3 aliphatic rings. The molecule has 5 heteroatoms. The van der Waals surface area contributed by atoms with Gasteiger partial charge in [-0.1, -0.05) is 18.2 Å². The lowest BCUT2D eigenvalue weighted by Crippen LogP contribution is -2.53. The van der Waals surface area contributed by atoms with Gasteiger partial charge in [0.15, 0.2) is 0 Å². The van der Waals surface area contributed by atoms with Crippen molar-refractivity contribution in [1.82, 2.24) is 9.88 Å². The number of aliphatic hydroxyl groups excluding tert-OH is 1. The molecule has 5 atom stereocenters. The third-order valence-electron chi connectivity index (χ3n) is 7.02. The first-order chi connectivity index (χ1) is 12.7. The van der Waals surface area contributed by atoms with Crippen LogP contribution in [-0.4, -0.2) is 47.3 Å². The summed E-state index contributed by atoms with van der Waals surface area (Å²) in [5, 5.41) is 11.8. The largest absolute Gasteiger partial charge is 0.469 e. The van der Waals surface area contributed by atoms with Crippen LogP contribution in [0, 0.1) is 17.8 Å². The van der Waals surface area contributed by atoms with Crippen LogP contribution in [0.15, 0.2) is 24.3 Å². The lowest BCUT2D eigenvalue weighted by molar-refractivity contribution is -0.160. The van der Waals surface area contributed by atoms with Crippen LogP contribution in [0.4, 0.5) is 0 Å². The molecule has 138 valence electrons. The molecule has 1 aliphatic carbocycles. The molecule has 5 nitrogen and oxygen atoms in total. The summed E-state index contributed by atoms with van der Waals surface area (Å²) in [7, 11) is 1.43.